The fourth-order valence-electron chi connectivity index (χ4n) is 4.84. The first-order valence-electron chi connectivity index (χ1n) is 11.0. The SMILES string of the molecule is CC1(C)CC(=O)c2[c-]cn(-c3ccc(C(N)=O)c(NC4CCC(OP(=O)(O)O)CC4)c3)c2C1.[Y]. The Morgan fingerprint density at radius 1 is 1.24 bits per heavy atom. The maximum Gasteiger partial charge on any atom is 0.469 e. The van der Waals surface area contributed by atoms with Gasteiger partial charge in [-0.25, -0.2) is 4.57 Å². The maximum atomic E-state index is 12.6. The maximum absolute atomic E-state index is 12.6. The number of fused-ring (bicyclic) bond motifs is 1. The van der Waals surface area contributed by atoms with E-state index in [1.165, 1.54) is 0 Å². The molecule has 1 heterocycles. The molecule has 1 radical (unpaired) electrons. The molecule has 2 aromatic rings. The molecule has 1 amide bonds. The van der Waals surface area contributed by atoms with Crippen molar-refractivity contribution in [2.75, 3.05) is 5.32 Å². The molecule has 1 fully saturated rings. The number of nitrogens with one attached hydrogen (secondary N) is 1. The van der Waals surface area contributed by atoms with Crippen LogP contribution in [0.3, 0.4) is 0 Å². The van der Waals surface area contributed by atoms with E-state index in [9.17, 15) is 14.2 Å². The third-order valence-corrected chi connectivity index (χ3v) is 6.92. The van der Waals surface area contributed by atoms with Crippen molar-refractivity contribution in [2.24, 2.45) is 11.1 Å². The Kier molecular flexibility index (Phi) is 8.28. The van der Waals surface area contributed by atoms with Gasteiger partial charge in [0, 0.05) is 50.1 Å². The second-order valence-corrected chi connectivity index (χ2v) is 10.9. The van der Waals surface area contributed by atoms with Crippen molar-refractivity contribution in [2.45, 2.75) is 64.5 Å². The Hall–Kier alpha value is -1.35. The monoisotopic (exact) mass is 563 g/mol. The van der Waals surface area contributed by atoms with Crippen LogP contribution in [0.25, 0.3) is 5.69 Å². The summed E-state index contributed by atoms with van der Waals surface area (Å²) in [5, 5.41) is 3.38. The van der Waals surface area contributed by atoms with Crippen molar-refractivity contribution in [1.82, 2.24) is 4.57 Å². The summed E-state index contributed by atoms with van der Waals surface area (Å²) in [5.74, 6) is -0.471. The minimum Gasteiger partial charge on any atom is -0.386 e. The number of ketones is 1. The van der Waals surface area contributed by atoms with Crippen molar-refractivity contribution >= 4 is 25.2 Å². The Morgan fingerprint density at radius 2 is 1.91 bits per heavy atom. The molecule has 181 valence electrons. The van der Waals surface area contributed by atoms with Crippen LogP contribution in [0.1, 0.15) is 72.4 Å². The predicted molar refractivity (Wildman–Crippen MR) is 122 cm³/mol. The molecule has 1 aromatic carbocycles. The number of carbonyl (C=O) groups excluding carboxylic acids is 2. The molecule has 2 aliphatic carbocycles. The number of nitrogens with two attached hydrogens (primary N) is 1. The number of hydrogen-bond donors (Lipinski definition) is 4. The van der Waals surface area contributed by atoms with Crippen LogP contribution < -0.4 is 11.1 Å². The second kappa shape index (κ2) is 10.3. The summed E-state index contributed by atoms with van der Waals surface area (Å²) < 4.78 is 17.8. The summed E-state index contributed by atoms with van der Waals surface area (Å²) in [6, 6.07) is 8.42. The minimum atomic E-state index is -4.51. The number of primary amides is 1. The predicted octanol–water partition coefficient (Wildman–Crippen LogP) is 3.36. The number of rotatable bonds is 6. The third kappa shape index (κ3) is 6.25. The summed E-state index contributed by atoms with van der Waals surface area (Å²) in [6.45, 7) is 4.14. The van der Waals surface area contributed by atoms with Gasteiger partial charge in [0.1, 0.15) is 0 Å². The molecule has 0 saturated heterocycles. The molecule has 11 heteroatoms. The van der Waals surface area contributed by atoms with Gasteiger partial charge < -0.3 is 30.2 Å². The molecule has 1 aromatic heterocycles. The van der Waals surface area contributed by atoms with Gasteiger partial charge in [-0.15, -0.1) is 5.56 Å². The van der Waals surface area contributed by atoms with Crippen molar-refractivity contribution in [3.8, 4) is 5.69 Å². The number of phosphoric acid groups is 1. The van der Waals surface area contributed by atoms with Gasteiger partial charge in [-0.05, 0) is 55.7 Å². The fraction of sp³-hybridized carbons (Fsp3) is 0.478. The smallest absolute Gasteiger partial charge is 0.386 e. The number of hydrogen-bond acceptors (Lipinski definition) is 5. The zero-order chi connectivity index (χ0) is 24.0. The Bertz CT molecular complexity index is 1130. The topological polar surface area (TPSA) is 144 Å². The number of phosphoric ester groups is 1. The van der Waals surface area contributed by atoms with Crippen molar-refractivity contribution < 1.29 is 61.2 Å². The molecule has 0 atom stereocenters. The fourth-order valence-corrected chi connectivity index (χ4v) is 5.44. The number of anilines is 1. The van der Waals surface area contributed by atoms with E-state index in [1.54, 1.807) is 18.3 Å². The van der Waals surface area contributed by atoms with Crippen molar-refractivity contribution in [3.63, 3.8) is 0 Å². The van der Waals surface area contributed by atoms with Crippen molar-refractivity contribution in [3.05, 3.63) is 47.3 Å². The first-order valence-corrected chi connectivity index (χ1v) is 12.5. The molecule has 0 unspecified atom stereocenters. The van der Waals surface area contributed by atoms with Crippen LogP contribution in [0.2, 0.25) is 0 Å². The number of amides is 1. The van der Waals surface area contributed by atoms with Crippen LogP contribution in [0.4, 0.5) is 5.69 Å². The van der Waals surface area contributed by atoms with Crippen LogP contribution >= 0.6 is 7.82 Å². The molecule has 1 saturated carbocycles. The van der Waals surface area contributed by atoms with E-state index in [2.05, 4.69) is 25.2 Å². The number of Topliss-reactive ketones (excluding diaryl/α,β-unsaturated/α-hetero) is 1. The first kappa shape index (κ1) is 27.2. The quantitative estimate of drug-likeness (QED) is 0.312. The van der Waals surface area contributed by atoms with E-state index < -0.39 is 19.8 Å². The Balaban J connectivity index is 0.00000324. The van der Waals surface area contributed by atoms with E-state index in [1.807, 2.05) is 10.6 Å². The average molecular weight is 563 g/mol. The normalized spacial score (nSPS) is 21.9. The summed E-state index contributed by atoms with van der Waals surface area (Å²) in [4.78, 5) is 42.6. The summed E-state index contributed by atoms with van der Waals surface area (Å²) in [5.41, 5.74) is 8.72. The van der Waals surface area contributed by atoms with Gasteiger partial charge in [0.15, 0.2) is 0 Å². The standard InChI is InChI=1S/C23H29N3O6P.Y/c1-23(2)12-20-18(21(27)13-23)9-10-26(20)15-5-8-17(22(24)28)19(11-15)25-14-3-6-16(7-4-14)32-33(29,30)31;/h5,8,10-11,14,16,25H,3-4,6-7,12-13H2,1-2H3,(H2,24,28)(H2,29,30,31);/q-1;. The Labute approximate surface area is 223 Å². The molecule has 9 nitrogen and oxygen atoms in total. The minimum absolute atomic E-state index is 0. The Morgan fingerprint density at radius 3 is 2.53 bits per heavy atom. The van der Waals surface area contributed by atoms with Gasteiger partial charge in [-0.2, -0.15) is 6.07 Å². The van der Waals surface area contributed by atoms with Gasteiger partial charge in [0.25, 0.3) is 5.91 Å². The van der Waals surface area contributed by atoms with Crippen molar-refractivity contribution in [1.29, 1.82) is 0 Å². The third-order valence-electron chi connectivity index (χ3n) is 6.35. The van der Waals surface area contributed by atoms with Gasteiger partial charge in [0.05, 0.1) is 17.5 Å². The molecule has 2 aliphatic rings. The number of nitrogens with zero attached hydrogens (tertiary/aromatic N) is 1. The van der Waals surface area contributed by atoms with E-state index >= 15 is 0 Å². The summed E-state index contributed by atoms with van der Waals surface area (Å²) in [6.07, 6.45) is 4.73. The molecule has 34 heavy (non-hydrogen) atoms. The zero-order valence-corrected chi connectivity index (χ0v) is 23.0. The summed E-state index contributed by atoms with van der Waals surface area (Å²) in [7, 11) is -4.51. The molecular weight excluding hydrogens is 534 g/mol. The largest absolute Gasteiger partial charge is 0.469 e. The molecule has 5 N–H and O–H groups in total. The van der Waals surface area contributed by atoms with Crippen LogP contribution in [0, 0.1) is 11.5 Å². The van der Waals surface area contributed by atoms with E-state index in [-0.39, 0.29) is 49.9 Å². The molecule has 0 aliphatic heterocycles. The van der Waals surface area contributed by atoms with Gasteiger partial charge >= 0.3 is 7.82 Å². The number of benzene rings is 1. The van der Waals surface area contributed by atoms with E-state index in [0.717, 1.165) is 17.8 Å². The van der Waals surface area contributed by atoms with Gasteiger partial charge in [0.2, 0.25) is 0 Å². The molecule has 4 rings (SSSR count). The van der Waals surface area contributed by atoms with Crippen LogP contribution in [-0.2, 0) is 48.2 Å². The second-order valence-electron chi connectivity index (χ2n) is 9.71. The van der Waals surface area contributed by atoms with E-state index in [4.69, 9.17) is 20.0 Å². The van der Waals surface area contributed by atoms with Gasteiger partial charge in [-0.3, -0.25) is 9.32 Å². The molecular formula is C23H29N3O6PY-. The van der Waals surface area contributed by atoms with Crippen LogP contribution in [0.15, 0.2) is 24.4 Å². The number of aromatic nitrogens is 1. The number of carbonyl (C=O) groups is 2. The van der Waals surface area contributed by atoms with Crippen LogP contribution in [-0.4, -0.2) is 38.2 Å². The summed E-state index contributed by atoms with van der Waals surface area (Å²) >= 11 is 0. The van der Waals surface area contributed by atoms with Crippen LogP contribution in [0.5, 0.6) is 0 Å². The van der Waals surface area contributed by atoms with E-state index in [0.29, 0.717) is 48.9 Å². The molecule has 0 bridgehead atoms. The zero-order valence-electron chi connectivity index (χ0n) is 19.3. The van der Waals surface area contributed by atoms with Gasteiger partial charge in [-0.1, -0.05) is 32.2 Å². The molecule has 0 spiro atoms. The average Bonchev–Trinajstić information content (AvgIpc) is 3.11. The first-order chi connectivity index (χ1) is 15.4.